The third-order valence-electron chi connectivity index (χ3n) is 3.95. The molecule has 0 amide bonds. The van der Waals surface area contributed by atoms with Gasteiger partial charge in [-0.2, -0.15) is 0 Å². The van der Waals surface area contributed by atoms with E-state index in [1.165, 1.54) is 24.5 Å². The van der Waals surface area contributed by atoms with Crippen LogP contribution in [0.5, 0.6) is 0 Å². The van der Waals surface area contributed by atoms with Gasteiger partial charge >= 0.3 is 0 Å². The molecule has 3 aromatic rings. The summed E-state index contributed by atoms with van der Waals surface area (Å²) in [5, 5.41) is 0.769. The summed E-state index contributed by atoms with van der Waals surface area (Å²) in [6.45, 7) is 3.67. The van der Waals surface area contributed by atoms with Crippen molar-refractivity contribution >= 4 is 54.0 Å². The van der Waals surface area contributed by atoms with Crippen molar-refractivity contribution in [3.63, 3.8) is 0 Å². The summed E-state index contributed by atoms with van der Waals surface area (Å²) in [6.07, 6.45) is 1.80. The standard InChI is InChI=1S/C18H17BrClN3O3S/c1-3-6-27(25,26)16-5-4-12(20)9-15(16)22-23-10-21-17-13(18(23)24)7-11(2)8-14(17)19/h4-5,7-10,22H,3,6H2,1-2H3. The molecule has 0 aliphatic carbocycles. The van der Waals surface area contributed by atoms with Crippen LogP contribution in [0.25, 0.3) is 10.9 Å². The van der Waals surface area contributed by atoms with Crippen LogP contribution in [0.2, 0.25) is 5.02 Å². The van der Waals surface area contributed by atoms with E-state index in [0.717, 1.165) is 14.7 Å². The maximum absolute atomic E-state index is 12.9. The molecule has 1 heterocycles. The molecule has 6 nitrogen and oxygen atoms in total. The van der Waals surface area contributed by atoms with Crippen molar-refractivity contribution in [2.24, 2.45) is 0 Å². The van der Waals surface area contributed by atoms with Crippen LogP contribution < -0.4 is 11.0 Å². The molecule has 0 aliphatic rings. The number of halogens is 2. The van der Waals surface area contributed by atoms with E-state index in [4.69, 9.17) is 11.6 Å². The van der Waals surface area contributed by atoms with Crippen molar-refractivity contribution < 1.29 is 8.42 Å². The summed E-state index contributed by atoms with van der Waals surface area (Å²) in [4.78, 5) is 17.3. The van der Waals surface area contributed by atoms with Gasteiger partial charge in [0.05, 0.1) is 27.2 Å². The summed E-state index contributed by atoms with van der Waals surface area (Å²) < 4.78 is 27.0. The molecule has 0 fully saturated rings. The highest BCUT2D eigenvalue weighted by Crippen LogP contribution is 2.27. The van der Waals surface area contributed by atoms with Gasteiger partial charge in [-0.25, -0.2) is 18.1 Å². The molecule has 142 valence electrons. The summed E-state index contributed by atoms with van der Waals surface area (Å²) in [6, 6.07) is 8.04. The van der Waals surface area contributed by atoms with Crippen molar-refractivity contribution in [3.8, 4) is 0 Å². The van der Waals surface area contributed by atoms with Gasteiger partial charge in [-0.3, -0.25) is 10.2 Å². The van der Waals surface area contributed by atoms with Crippen LogP contribution in [0.1, 0.15) is 18.9 Å². The Morgan fingerprint density at radius 2 is 2.00 bits per heavy atom. The summed E-state index contributed by atoms with van der Waals surface area (Å²) in [5.74, 6) is 0.000320. The van der Waals surface area contributed by atoms with Gasteiger partial charge < -0.3 is 0 Å². The van der Waals surface area contributed by atoms with Crippen LogP contribution in [0.3, 0.4) is 0 Å². The zero-order valence-corrected chi connectivity index (χ0v) is 17.8. The monoisotopic (exact) mass is 469 g/mol. The Bertz CT molecular complexity index is 1190. The van der Waals surface area contributed by atoms with Crippen molar-refractivity contribution in [1.82, 2.24) is 9.66 Å². The number of nitrogens with one attached hydrogen (secondary N) is 1. The minimum atomic E-state index is -3.51. The Morgan fingerprint density at radius 1 is 1.26 bits per heavy atom. The molecule has 0 bridgehead atoms. The fourth-order valence-corrected chi connectivity index (χ4v) is 5.10. The first-order chi connectivity index (χ1) is 12.7. The van der Waals surface area contributed by atoms with Crippen LogP contribution >= 0.6 is 27.5 Å². The van der Waals surface area contributed by atoms with E-state index < -0.39 is 9.84 Å². The molecule has 0 unspecified atom stereocenters. The zero-order chi connectivity index (χ0) is 19.8. The average Bonchev–Trinajstić information content (AvgIpc) is 2.57. The molecular formula is C18H17BrClN3O3S. The van der Waals surface area contributed by atoms with Gasteiger partial charge in [0, 0.05) is 9.50 Å². The van der Waals surface area contributed by atoms with Gasteiger partial charge in [-0.05, 0) is 65.2 Å². The fourth-order valence-electron chi connectivity index (χ4n) is 2.78. The Kier molecular flexibility index (Phi) is 5.60. The van der Waals surface area contributed by atoms with Crippen LogP contribution in [0, 0.1) is 6.92 Å². The topological polar surface area (TPSA) is 81.1 Å². The second-order valence-electron chi connectivity index (χ2n) is 6.13. The second kappa shape index (κ2) is 7.61. The third kappa shape index (κ3) is 4.02. The number of benzene rings is 2. The largest absolute Gasteiger partial charge is 0.289 e. The summed E-state index contributed by atoms with van der Waals surface area (Å²) in [5.41, 5.74) is 4.16. The molecule has 1 N–H and O–H groups in total. The maximum atomic E-state index is 12.9. The maximum Gasteiger partial charge on any atom is 0.280 e. The summed E-state index contributed by atoms with van der Waals surface area (Å²) >= 11 is 9.45. The van der Waals surface area contributed by atoms with Gasteiger partial charge in [0.15, 0.2) is 9.84 Å². The molecule has 0 radical (unpaired) electrons. The lowest BCUT2D eigenvalue weighted by molar-refractivity contribution is 0.595. The molecule has 3 rings (SSSR count). The highest BCUT2D eigenvalue weighted by atomic mass is 79.9. The van der Waals surface area contributed by atoms with Crippen LogP contribution in [0.4, 0.5) is 5.69 Å². The Morgan fingerprint density at radius 3 is 2.70 bits per heavy atom. The van der Waals surface area contributed by atoms with Crippen LogP contribution in [-0.2, 0) is 9.84 Å². The van der Waals surface area contributed by atoms with Gasteiger partial charge in [0.2, 0.25) is 0 Å². The quantitative estimate of drug-likeness (QED) is 0.605. The molecule has 9 heteroatoms. The first-order valence-electron chi connectivity index (χ1n) is 8.20. The van der Waals surface area contributed by atoms with Gasteiger partial charge in [-0.1, -0.05) is 18.5 Å². The number of sulfone groups is 1. The van der Waals surface area contributed by atoms with Crippen LogP contribution in [-0.4, -0.2) is 23.8 Å². The number of anilines is 1. The van der Waals surface area contributed by atoms with Crippen molar-refractivity contribution in [3.05, 3.63) is 62.1 Å². The first kappa shape index (κ1) is 19.9. The molecule has 2 aromatic carbocycles. The average molecular weight is 471 g/mol. The van der Waals surface area contributed by atoms with E-state index in [1.54, 1.807) is 13.0 Å². The number of rotatable bonds is 5. The third-order valence-corrected chi connectivity index (χ3v) is 6.76. The minimum Gasteiger partial charge on any atom is -0.289 e. The lowest BCUT2D eigenvalue weighted by Gasteiger charge is -2.15. The number of hydrogen-bond acceptors (Lipinski definition) is 5. The summed E-state index contributed by atoms with van der Waals surface area (Å²) in [7, 11) is -3.51. The number of aryl methyl sites for hydroxylation is 1. The second-order valence-corrected chi connectivity index (χ2v) is 9.50. The van der Waals surface area contributed by atoms with E-state index in [-0.39, 0.29) is 21.9 Å². The molecule has 1 aromatic heterocycles. The molecular weight excluding hydrogens is 454 g/mol. The van der Waals surface area contributed by atoms with E-state index in [0.29, 0.717) is 22.3 Å². The number of nitrogens with zero attached hydrogens (tertiary/aromatic N) is 2. The number of fused-ring (bicyclic) bond motifs is 1. The van der Waals surface area contributed by atoms with Crippen molar-refractivity contribution in [2.75, 3.05) is 11.2 Å². The first-order valence-corrected chi connectivity index (χ1v) is 11.0. The lowest BCUT2D eigenvalue weighted by atomic mass is 10.2. The van der Waals surface area contributed by atoms with Crippen LogP contribution in [0.15, 0.2) is 50.8 Å². The molecule has 0 spiro atoms. The van der Waals surface area contributed by atoms with E-state index in [2.05, 4.69) is 26.3 Å². The highest BCUT2D eigenvalue weighted by Gasteiger charge is 2.19. The van der Waals surface area contributed by atoms with Crippen molar-refractivity contribution in [2.45, 2.75) is 25.2 Å². The van der Waals surface area contributed by atoms with E-state index in [1.807, 2.05) is 13.0 Å². The predicted molar refractivity (Wildman–Crippen MR) is 111 cm³/mol. The predicted octanol–water partition coefficient (Wildman–Crippen LogP) is 4.18. The SMILES string of the molecule is CCCS(=O)(=O)c1ccc(Cl)cc1Nn1cnc2c(Br)cc(C)cc2c1=O. The van der Waals surface area contributed by atoms with Gasteiger partial charge in [0.25, 0.3) is 5.56 Å². The number of aromatic nitrogens is 2. The van der Waals surface area contributed by atoms with Gasteiger partial charge in [-0.15, -0.1) is 0 Å². The lowest BCUT2D eigenvalue weighted by Crippen LogP contribution is -2.27. The van der Waals surface area contributed by atoms with E-state index >= 15 is 0 Å². The Labute approximate surface area is 170 Å². The fraction of sp³-hybridized carbons (Fsp3) is 0.222. The smallest absolute Gasteiger partial charge is 0.280 e. The molecule has 0 saturated carbocycles. The van der Waals surface area contributed by atoms with E-state index in [9.17, 15) is 13.2 Å². The highest BCUT2D eigenvalue weighted by molar-refractivity contribution is 9.10. The molecule has 0 atom stereocenters. The molecule has 27 heavy (non-hydrogen) atoms. The Balaban J connectivity index is 2.15. The molecule has 0 saturated heterocycles. The van der Waals surface area contributed by atoms with Crippen molar-refractivity contribution in [1.29, 1.82) is 0 Å². The molecule has 0 aliphatic heterocycles. The Hall–Kier alpha value is -1.90. The minimum absolute atomic E-state index is 0.000320. The normalized spacial score (nSPS) is 11.7. The van der Waals surface area contributed by atoms with Gasteiger partial charge in [0.1, 0.15) is 6.33 Å². The zero-order valence-electron chi connectivity index (χ0n) is 14.7. The number of hydrogen-bond donors (Lipinski definition) is 1.